The molecule has 0 spiro atoms. The zero-order chi connectivity index (χ0) is 9.52. The maximum Gasteiger partial charge on any atom is 0.0465 e. The summed E-state index contributed by atoms with van der Waals surface area (Å²) in [5, 5.41) is 9.34. The van der Waals surface area contributed by atoms with Crippen LogP contribution in [-0.2, 0) is 6.42 Å². The Balaban J connectivity index is 2.49. The second-order valence-electron chi connectivity index (χ2n) is 2.78. The standard InChI is InChI=1S/C11H13ClO/c12-11-8-4-3-7-10(11)6-2-1-5-9-13/h1-4,7-8,13H,5-6,9H2/b2-1-. The van der Waals surface area contributed by atoms with Gasteiger partial charge in [0.15, 0.2) is 0 Å². The van der Waals surface area contributed by atoms with E-state index < -0.39 is 0 Å². The Hall–Kier alpha value is -0.790. The molecule has 0 unspecified atom stereocenters. The van der Waals surface area contributed by atoms with Gasteiger partial charge in [-0.25, -0.2) is 0 Å². The van der Waals surface area contributed by atoms with Crippen LogP contribution in [0.15, 0.2) is 36.4 Å². The monoisotopic (exact) mass is 196 g/mol. The molecule has 0 saturated heterocycles. The molecular weight excluding hydrogens is 184 g/mol. The SMILES string of the molecule is OCC/C=C\Cc1ccccc1Cl. The zero-order valence-electron chi connectivity index (χ0n) is 7.41. The van der Waals surface area contributed by atoms with Crippen LogP contribution in [0.5, 0.6) is 0 Å². The number of benzene rings is 1. The van der Waals surface area contributed by atoms with Gasteiger partial charge in [0.2, 0.25) is 0 Å². The van der Waals surface area contributed by atoms with Crippen molar-refractivity contribution < 1.29 is 5.11 Å². The Morgan fingerprint density at radius 2 is 2.00 bits per heavy atom. The van der Waals surface area contributed by atoms with Gasteiger partial charge >= 0.3 is 0 Å². The minimum Gasteiger partial charge on any atom is -0.396 e. The molecule has 0 aliphatic carbocycles. The minimum absolute atomic E-state index is 0.207. The summed E-state index contributed by atoms with van der Waals surface area (Å²) in [6, 6.07) is 7.78. The molecular formula is C11H13ClO. The molecule has 0 fully saturated rings. The average Bonchev–Trinajstić information content (AvgIpc) is 2.15. The van der Waals surface area contributed by atoms with Crippen molar-refractivity contribution in [3.63, 3.8) is 0 Å². The van der Waals surface area contributed by atoms with E-state index in [1.807, 2.05) is 36.4 Å². The van der Waals surface area contributed by atoms with Crippen molar-refractivity contribution in [3.8, 4) is 0 Å². The molecule has 2 heteroatoms. The number of hydrogen-bond donors (Lipinski definition) is 1. The van der Waals surface area contributed by atoms with Gasteiger partial charge in [-0.1, -0.05) is 42.0 Å². The first kappa shape index (κ1) is 10.3. The molecule has 0 saturated carbocycles. The summed E-state index contributed by atoms with van der Waals surface area (Å²) >= 11 is 5.95. The molecule has 1 nitrogen and oxygen atoms in total. The van der Waals surface area contributed by atoms with Crippen molar-refractivity contribution in [1.29, 1.82) is 0 Å². The first-order valence-corrected chi connectivity index (χ1v) is 4.71. The van der Waals surface area contributed by atoms with Crippen LogP contribution >= 0.6 is 11.6 Å². The molecule has 1 N–H and O–H groups in total. The van der Waals surface area contributed by atoms with Crippen LogP contribution in [0.1, 0.15) is 12.0 Å². The quantitative estimate of drug-likeness (QED) is 0.735. The minimum atomic E-state index is 0.207. The van der Waals surface area contributed by atoms with Gasteiger partial charge in [-0.15, -0.1) is 0 Å². The van der Waals surface area contributed by atoms with Crippen molar-refractivity contribution in [2.75, 3.05) is 6.61 Å². The molecule has 70 valence electrons. The molecule has 1 rings (SSSR count). The highest BCUT2D eigenvalue weighted by Gasteiger charge is 1.94. The van der Waals surface area contributed by atoms with E-state index in [1.165, 1.54) is 0 Å². The second-order valence-corrected chi connectivity index (χ2v) is 3.19. The number of halogens is 1. The highest BCUT2D eigenvalue weighted by Crippen LogP contribution is 2.15. The Kier molecular flexibility index (Phi) is 4.58. The van der Waals surface area contributed by atoms with Crippen LogP contribution in [0.4, 0.5) is 0 Å². The summed E-state index contributed by atoms with van der Waals surface area (Å²) in [7, 11) is 0. The summed E-state index contributed by atoms with van der Waals surface area (Å²) in [5.41, 5.74) is 1.12. The molecule has 1 aromatic rings. The predicted molar refractivity (Wildman–Crippen MR) is 56.0 cm³/mol. The van der Waals surface area contributed by atoms with Crippen molar-refractivity contribution in [2.45, 2.75) is 12.8 Å². The third-order valence-corrected chi connectivity index (χ3v) is 2.13. The van der Waals surface area contributed by atoms with Gasteiger partial charge < -0.3 is 5.11 Å². The van der Waals surface area contributed by atoms with Crippen LogP contribution in [-0.4, -0.2) is 11.7 Å². The van der Waals surface area contributed by atoms with Gasteiger partial charge in [0.25, 0.3) is 0 Å². The Labute approximate surface area is 83.7 Å². The largest absolute Gasteiger partial charge is 0.396 e. The average molecular weight is 197 g/mol. The number of hydrogen-bond acceptors (Lipinski definition) is 1. The fraction of sp³-hybridized carbons (Fsp3) is 0.273. The number of allylic oxidation sites excluding steroid dienone is 1. The molecule has 0 aromatic heterocycles. The normalized spacial score (nSPS) is 10.9. The van der Waals surface area contributed by atoms with Crippen molar-refractivity contribution in [1.82, 2.24) is 0 Å². The van der Waals surface area contributed by atoms with E-state index >= 15 is 0 Å². The van der Waals surface area contributed by atoms with E-state index in [9.17, 15) is 0 Å². The van der Waals surface area contributed by atoms with E-state index in [-0.39, 0.29) is 6.61 Å². The lowest BCUT2D eigenvalue weighted by Gasteiger charge is -1.98. The van der Waals surface area contributed by atoms with Gasteiger partial charge in [0, 0.05) is 11.6 Å². The Morgan fingerprint density at radius 1 is 1.23 bits per heavy atom. The van der Waals surface area contributed by atoms with Crippen LogP contribution in [0.2, 0.25) is 5.02 Å². The van der Waals surface area contributed by atoms with E-state index in [1.54, 1.807) is 0 Å². The number of aliphatic hydroxyl groups is 1. The van der Waals surface area contributed by atoms with Crippen molar-refractivity contribution >= 4 is 11.6 Å². The van der Waals surface area contributed by atoms with Gasteiger partial charge in [-0.05, 0) is 24.5 Å². The molecule has 0 heterocycles. The van der Waals surface area contributed by atoms with Crippen LogP contribution in [0.3, 0.4) is 0 Å². The van der Waals surface area contributed by atoms with Gasteiger partial charge in [0.1, 0.15) is 0 Å². The van der Waals surface area contributed by atoms with E-state index in [0.717, 1.165) is 17.0 Å². The fourth-order valence-corrected chi connectivity index (χ4v) is 1.28. The lowest BCUT2D eigenvalue weighted by atomic mass is 10.1. The van der Waals surface area contributed by atoms with E-state index in [4.69, 9.17) is 16.7 Å². The van der Waals surface area contributed by atoms with Crippen molar-refractivity contribution in [3.05, 3.63) is 47.0 Å². The molecule has 1 aromatic carbocycles. The van der Waals surface area contributed by atoms with E-state index in [0.29, 0.717) is 6.42 Å². The van der Waals surface area contributed by atoms with Gasteiger partial charge in [-0.2, -0.15) is 0 Å². The summed E-state index contributed by atoms with van der Waals surface area (Å²) in [5.74, 6) is 0. The van der Waals surface area contributed by atoms with Crippen LogP contribution in [0, 0.1) is 0 Å². The highest BCUT2D eigenvalue weighted by molar-refractivity contribution is 6.31. The fourth-order valence-electron chi connectivity index (χ4n) is 1.07. The molecule has 0 aliphatic heterocycles. The molecule has 0 amide bonds. The first-order valence-electron chi connectivity index (χ1n) is 4.34. The third-order valence-electron chi connectivity index (χ3n) is 1.76. The maximum atomic E-state index is 8.54. The summed E-state index contributed by atoms with van der Waals surface area (Å²) in [4.78, 5) is 0. The lowest BCUT2D eigenvalue weighted by Crippen LogP contribution is -1.82. The van der Waals surface area contributed by atoms with Gasteiger partial charge in [-0.3, -0.25) is 0 Å². The topological polar surface area (TPSA) is 20.2 Å². The van der Waals surface area contributed by atoms with Gasteiger partial charge in [0.05, 0.1) is 0 Å². The molecule has 0 radical (unpaired) electrons. The number of aliphatic hydroxyl groups excluding tert-OH is 1. The van der Waals surface area contributed by atoms with E-state index in [2.05, 4.69) is 0 Å². The molecule has 0 bridgehead atoms. The Morgan fingerprint density at radius 3 is 2.69 bits per heavy atom. The molecule has 0 aliphatic rings. The zero-order valence-corrected chi connectivity index (χ0v) is 8.17. The predicted octanol–water partition coefficient (Wildman–Crippen LogP) is 2.82. The number of rotatable bonds is 4. The smallest absolute Gasteiger partial charge is 0.0465 e. The summed E-state index contributed by atoms with van der Waals surface area (Å²) in [6.07, 6.45) is 5.53. The summed E-state index contributed by atoms with van der Waals surface area (Å²) < 4.78 is 0. The van der Waals surface area contributed by atoms with Crippen LogP contribution in [0.25, 0.3) is 0 Å². The molecule has 0 atom stereocenters. The summed E-state index contributed by atoms with van der Waals surface area (Å²) in [6.45, 7) is 0.207. The Bertz CT molecular complexity index is 281. The third kappa shape index (κ3) is 3.62. The van der Waals surface area contributed by atoms with Crippen LogP contribution < -0.4 is 0 Å². The maximum absolute atomic E-state index is 8.54. The first-order chi connectivity index (χ1) is 6.34. The molecule has 13 heavy (non-hydrogen) atoms. The van der Waals surface area contributed by atoms with Crippen molar-refractivity contribution in [2.24, 2.45) is 0 Å². The second kappa shape index (κ2) is 5.79. The lowest BCUT2D eigenvalue weighted by molar-refractivity contribution is 0.302. The highest BCUT2D eigenvalue weighted by atomic mass is 35.5.